The molecular formula is C20H17ClF3N5O4. The summed E-state index contributed by atoms with van der Waals surface area (Å²) in [7, 11) is 0. The fraction of sp³-hybridized carbons (Fsp3) is 0.300. The third kappa shape index (κ3) is 4.63. The van der Waals surface area contributed by atoms with Crippen LogP contribution in [0.2, 0.25) is 5.02 Å². The van der Waals surface area contributed by atoms with Gasteiger partial charge in [0.2, 0.25) is 5.88 Å². The predicted octanol–water partition coefficient (Wildman–Crippen LogP) is 2.67. The van der Waals surface area contributed by atoms with Gasteiger partial charge >= 0.3 is 0 Å². The van der Waals surface area contributed by atoms with E-state index in [1.54, 1.807) is 4.90 Å². The molecule has 1 aliphatic heterocycles. The highest BCUT2D eigenvalue weighted by Crippen LogP contribution is 2.36. The van der Waals surface area contributed by atoms with E-state index in [4.69, 9.17) is 16.3 Å². The zero-order valence-corrected chi connectivity index (χ0v) is 17.6. The Morgan fingerprint density at radius 2 is 2.09 bits per heavy atom. The average molecular weight is 484 g/mol. The first-order chi connectivity index (χ1) is 15.8. The molecule has 1 aromatic carbocycles. The van der Waals surface area contributed by atoms with Crippen molar-refractivity contribution < 1.29 is 28.1 Å². The largest absolute Gasteiger partial charge is 0.438 e. The molecule has 1 atom stereocenters. The predicted molar refractivity (Wildman–Crippen MR) is 110 cm³/mol. The molecule has 0 saturated carbocycles. The number of ether oxygens (including phenoxy) is 1. The molecule has 13 heteroatoms. The lowest BCUT2D eigenvalue weighted by Gasteiger charge is -2.31. The fourth-order valence-corrected chi connectivity index (χ4v) is 3.63. The molecule has 0 spiro atoms. The van der Waals surface area contributed by atoms with Crippen LogP contribution in [0.3, 0.4) is 0 Å². The molecule has 0 fully saturated rings. The highest BCUT2D eigenvalue weighted by molar-refractivity contribution is 6.33. The summed E-state index contributed by atoms with van der Waals surface area (Å²) in [5, 5.41) is 25.3. The average Bonchev–Trinajstić information content (AvgIpc) is 2.80. The molecule has 3 N–H and O–H groups in total. The van der Waals surface area contributed by atoms with Gasteiger partial charge in [0.15, 0.2) is 5.82 Å². The van der Waals surface area contributed by atoms with Crippen LogP contribution < -0.4 is 15.2 Å². The van der Waals surface area contributed by atoms with Gasteiger partial charge in [0, 0.05) is 12.1 Å². The monoisotopic (exact) mass is 483 g/mol. The molecule has 9 nitrogen and oxygen atoms in total. The second kappa shape index (κ2) is 9.33. The topological polar surface area (TPSA) is 124 Å². The highest BCUT2D eigenvalue weighted by atomic mass is 35.5. The van der Waals surface area contributed by atoms with Crippen LogP contribution in [0, 0.1) is 5.82 Å². The van der Waals surface area contributed by atoms with E-state index in [-0.39, 0.29) is 35.4 Å². The van der Waals surface area contributed by atoms with Gasteiger partial charge < -0.3 is 19.8 Å². The highest BCUT2D eigenvalue weighted by Gasteiger charge is 2.28. The number of hydrogen-bond acceptors (Lipinski definition) is 8. The molecule has 0 amide bonds. The lowest BCUT2D eigenvalue weighted by atomic mass is 10.0. The van der Waals surface area contributed by atoms with Gasteiger partial charge in [0.25, 0.3) is 12.0 Å². The van der Waals surface area contributed by atoms with E-state index in [0.717, 1.165) is 12.1 Å². The second-order valence-electron chi connectivity index (χ2n) is 7.17. The Labute approximate surface area is 189 Å². The molecule has 0 unspecified atom stereocenters. The van der Waals surface area contributed by atoms with Crippen molar-refractivity contribution in [2.45, 2.75) is 25.5 Å². The minimum Gasteiger partial charge on any atom is -0.438 e. The number of aliphatic hydroxyl groups is 2. The summed E-state index contributed by atoms with van der Waals surface area (Å²) in [5.74, 6) is -1.45. The molecule has 33 heavy (non-hydrogen) atoms. The zero-order valence-electron chi connectivity index (χ0n) is 16.8. The standard InChI is InChI=1S/C20H17ClF3N5O4/c21-16-13(6-25-28-19(16)32)29-4-3-10-12(7-29)26-18(14(31)8-30)27-20(10)33-15-2-1-9(22)5-11(15)17(23)24/h1-2,5-6,14,17,30-31H,3-4,7-8H2,(H,28,32)/t14-/m0/s1. The van der Waals surface area contributed by atoms with Gasteiger partial charge in [-0.2, -0.15) is 10.1 Å². The third-order valence-corrected chi connectivity index (χ3v) is 5.41. The normalized spacial score (nSPS) is 14.3. The summed E-state index contributed by atoms with van der Waals surface area (Å²) in [6.45, 7) is -0.246. The number of rotatable bonds is 6. The van der Waals surface area contributed by atoms with Gasteiger partial charge in [-0.25, -0.2) is 23.3 Å². The van der Waals surface area contributed by atoms with Crippen molar-refractivity contribution in [3.05, 3.63) is 68.2 Å². The minimum absolute atomic E-state index is 0.0671. The summed E-state index contributed by atoms with van der Waals surface area (Å²) < 4.78 is 46.0. The number of aliphatic hydroxyl groups excluding tert-OH is 2. The molecule has 0 radical (unpaired) electrons. The number of anilines is 1. The molecule has 0 saturated heterocycles. The maximum atomic E-state index is 13.5. The Kier molecular flexibility index (Phi) is 6.49. The van der Waals surface area contributed by atoms with Gasteiger partial charge in [0.05, 0.1) is 36.3 Å². The Morgan fingerprint density at radius 3 is 2.82 bits per heavy atom. The number of nitrogens with zero attached hydrogens (tertiary/aromatic N) is 4. The Hall–Kier alpha value is -3.22. The number of aromatic nitrogens is 4. The quantitative estimate of drug-likeness (QED) is 0.489. The van der Waals surface area contributed by atoms with Crippen molar-refractivity contribution in [2.24, 2.45) is 0 Å². The molecule has 2 aromatic heterocycles. The van der Waals surface area contributed by atoms with Gasteiger partial charge in [-0.3, -0.25) is 4.79 Å². The number of halogens is 4. The zero-order chi connectivity index (χ0) is 23.7. The van der Waals surface area contributed by atoms with Crippen LogP contribution >= 0.6 is 11.6 Å². The molecule has 174 valence electrons. The number of nitrogens with one attached hydrogen (secondary N) is 1. The lowest BCUT2D eigenvalue weighted by molar-refractivity contribution is 0.0877. The molecule has 4 rings (SSSR count). The number of benzene rings is 1. The van der Waals surface area contributed by atoms with Gasteiger partial charge in [-0.05, 0) is 24.6 Å². The van der Waals surface area contributed by atoms with E-state index in [1.807, 2.05) is 0 Å². The van der Waals surface area contributed by atoms with E-state index in [0.29, 0.717) is 29.6 Å². The van der Waals surface area contributed by atoms with E-state index < -0.39 is 36.1 Å². The number of aromatic amines is 1. The van der Waals surface area contributed by atoms with Crippen molar-refractivity contribution in [1.29, 1.82) is 0 Å². The molecule has 0 bridgehead atoms. The van der Waals surface area contributed by atoms with Gasteiger partial charge in [-0.15, -0.1) is 0 Å². The maximum absolute atomic E-state index is 13.5. The summed E-state index contributed by atoms with van der Waals surface area (Å²) in [6.07, 6.45) is -2.81. The minimum atomic E-state index is -3.00. The van der Waals surface area contributed by atoms with Crippen LogP contribution in [0.15, 0.2) is 29.2 Å². The van der Waals surface area contributed by atoms with Gasteiger partial charge in [-0.1, -0.05) is 11.6 Å². The molecule has 3 aromatic rings. The van der Waals surface area contributed by atoms with Crippen molar-refractivity contribution in [3.8, 4) is 11.6 Å². The summed E-state index contributed by atoms with van der Waals surface area (Å²) in [5.41, 5.74) is -0.0383. The van der Waals surface area contributed by atoms with Crippen LogP contribution in [0.25, 0.3) is 0 Å². The summed E-state index contributed by atoms with van der Waals surface area (Å²) in [6, 6.07) is 2.70. The Bertz CT molecular complexity index is 1240. The molecular weight excluding hydrogens is 467 g/mol. The number of H-pyrrole nitrogens is 1. The van der Waals surface area contributed by atoms with Crippen molar-refractivity contribution in [3.63, 3.8) is 0 Å². The molecule has 3 heterocycles. The molecule has 1 aliphatic rings. The third-order valence-electron chi connectivity index (χ3n) is 5.05. The van der Waals surface area contributed by atoms with Crippen molar-refractivity contribution in [1.82, 2.24) is 20.2 Å². The van der Waals surface area contributed by atoms with Crippen molar-refractivity contribution in [2.75, 3.05) is 18.1 Å². The maximum Gasteiger partial charge on any atom is 0.285 e. The number of alkyl halides is 2. The van der Waals surface area contributed by atoms with Crippen LogP contribution in [0.4, 0.5) is 18.9 Å². The Morgan fingerprint density at radius 1 is 1.30 bits per heavy atom. The number of hydrogen-bond donors (Lipinski definition) is 3. The Balaban J connectivity index is 1.76. The fourth-order valence-electron chi connectivity index (χ4n) is 3.42. The van der Waals surface area contributed by atoms with Crippen molar-refractivity contribution >= 4 is 17.3 Å². The van der Waals surface area contributed by atoms with Crippen LogP contribution in [0.5, 0.6) is 11.6 Å². The summed E-state index contributed by atoms with van der Waals surface area (Å²) in [4.78, 5) is 21.9. The van der Waals surface area contributed by atoms with Crippen LogP contribution in [-0.4, -0.2) is 43.5 Å². The first-order valence-electron chi connectivity index (χ1n) is 9.70. The van der Waals surface area contributed by atoms with E-state index in [2.05, 4.69) is 20.2 Å². The smallest absolute Gasteiger partial charge is 0.285 e. The second-order valence-corrected chi connectivity index (χ2v) is 7.54. The number of fused-ring (bicyclic) bond motifs is 1. The van der Waals surface area contributed by atoms with Crippen LogP contribution in [-0.2, 0) is 13.0 Å². The van der Waals surface area contributed by atoms with Crippen LogP contribution in [0.1, 0.15) is 35.2 Å². The first-order valence-corrected chi connectivity index (χ1v) is 10.1. The molecule has 0 aliphatic carbocycles. The van der Waals surface area contributed by atoms with Gasteiger partial charge in [0.1, 0.15) is 22.7 Å². The first kappa shape index (κ1) is 23.0. The van der Waals surface area contributed by atoms with E-state index in [1.165, 1.54) is 6.20 Å². The summed E-state index contributed by atoms with van der Waals surface area (Å²) >= 11 is 6.10. The SMILES string of the molecule is O=c1[nH]ncc(N2CCc3c(nc([C@@H](O)CO)nc3Oc3ccc(F)cc3C(F)F)C2)c1Cl. The van der Waals surface area contributed by atoms with E-state index in [9.17, 15) is 28.2 Å². The van der Waals surface area contributed by atoms with E-state index >= 15 is 0 Å². The lowest BCUT2D eigenvalue weighted by Crippen LogP contribution is -2.33.